The standard InChI is InChI=1S/C14H11Cl2N2O3PS/c15-9-3-1-8(2-4-9)10-5-12-13(6-11(10)16)18-14(17-12)23-7-22(19,20)21/h1-6H,7H2,(H,17,18)(H2,19,20,21). The Labute approximate surface area is 146 Å². The van der Waals surface area contributed by atoms with Gasteiger partial charge in [-0.1, -0.05) is 47.1 Å². The van der Waals surface area contributed by atoms with Gasteiger partial charge in [0, 0.05) is 10.6 Å². The Bertz CT molecular complexity index is 908. The number of thioether (sulfide) groups is 1. The molecule has 0 aliphatic heterocycles. The van der Waals surface area contributed by atoms with Crippen LogP contribution in [0.15, 0.2) is 41.6 Å². The molecule has 0 radical (unpaired) electrons. The van der Waals surface area contributed by atoms with Crippen LogP contribution in [0.25, 0.3) is 22.2 Å². The van der Waals surface area contributed by atoms with Crippen LogP contribution in [0.4, 0.5) is 0 Å². The zero-order valence-electron chi connectivity index (χ0n) is 11.5. The molecular formula is C14H11Cl2N2O3PS. The number of nitrogens with one attached hydrogen (secondary N) is 1. The predicted octanol–water partition coefficient (Wildman–Crippen LogP) is 4.76. The average Bonchev–Trinajstić information content (AvgIpc) is 2.86. The van der Waals surface area contributed by atoms with Gasteiger partial charge in [0.15, 0.2) is 5.16 Å². The van der Waals surface area contributed by atoms with Gasteiger partial charge >= 0.3 is 7.60 Å². The van der Waals surface area contributed by atoms with Crippen molar-refractivity contribution in [2.24, 2.45) is 0 Å². The SMILES string of the molecule is O=P(O)(O)CSc1nc2cc(-c3ccc(Cl)cc3)c(Cl)cc2[nH]1. The van der Waals surface area contributed by atoms with E-state index in [1.807, 2.05) is 18.2 Å². The van der Waals surface area contributed by atoms with Gasteiger partial charge in [0.05, 0.1) is 16.1 Å². The number of aromatic nitrogens is 2. The highest BCUT2D eigenvalue weighted by Crippen LogP contribution is 2.41. The van der Waals surface area contributed by atoms with Crippen LogP contribution in [-0.2, 0) is 4.57 Å². The number of aromatic amines is 1. The number of imidazole rings is 1. The summed E-state index contributed by atoms with van der Waals surface area (Å²) in [5.74, 6) is 0. The maximum atomic E-state index is 10.9. The van der Waals surface area contributed by atoms with Crippen LogP contribution in [0.1, 0.15) is 0 Å². The number of fused-ring (bicyclic) bond motifs is 1. The van der Waals surface area contributed by atoms with E-state index in [-0.39, 0.29) is 5.49 Å². The van der Waals surface area contributed by atoms with Crippen LogP contribution in [0, 0.1) is 0 Å². The van der Waals surface area contributed by atoms with Crippen LogP contribution >= 0.6 is 42.6 Å². The monoisotopic (exact) mass is 388 g/mol. The van der Waals surface area contributed by atoms with E-state index in [1.165, 1.54) is 0 Å². The van der Waals surface area contributed by atoms with Gasteiger partial charge in [-0.15, -0.1) is 0 Å². The maximum absolute atomic E-state index is 10.9. The van der Waals surface area contributed by atoms with Gasteiger partial charge in [0.1, 0.15) is 5.49 Å². The lowest BCUT2D eigenvalue weighted by molar-refractivity contribution is 0.379. The Morgan fingerprint density at radius 3 is 2.52 bits per heavy atom. The Kier molecular flexibility index (Phi) is 4.74. The highest BCUT2D eigenvalue weighted by molar-refractivity contribution is 8.04. The number of hydrogen-bond acceptors (Lipinski definition) is 3. The zero-order valence-corrected chi connectivity index (χ0v) is 14.8. The summed E-state index contributed by atoms with van der Waals surface area (Å²) in [7, 11) is -4.08. The maximum Gasteiger partial charge on any atom is 0.335 e. The molecule has 0 atom stereocenters. The minimum atomic E-state index is -4.08. The third-order valence-electron chi connectivity index (χ3n) is 3.07. The second-order valence-electron chi connectivity index (χ2n) is 4.84. The first-order valence-electron chi connectivity index (χ1n) is 6.44. The fourth-order valence-corrected chi connectivity index (χ4v) is 3.98. The summed E-state index contributed by atoms with van der Waals surface area (Å²) in [5.41, 5.74) is 2.78. The van der Waals surface area contributed by atoms with Crippen LogP contribution in [0.2, 0.25) is 10.0 Å². The van der Waals surface area contributed by atoms with Crippen molar-refractivity contribution in [3.8, 4) is 11.1 Å². The molecule has 0 bridgehead atoms. The molecule has 120 valence electrons. The van der Waals surface area contributed by atoms with Crippen molar-refractivity contribution in [1.29, 1.82) is 0 Å². The molecule has 0 saturated carbocycles. The first-order valence-corrected chi connectivity index (χ1v) is 9.98. The second-order valence-corrected chi connectivity index (χ2v) is 8.72. The molecule has 9 heteroatoms. The van der Waals surface area contributed by atoms with Gasteiger partial charge in [0.2, 0.25) is 0 Å². The van der Waals surface area contributed by atoms with Gasteiger partial charge in [-0.25, -0.2) is 4.98 Å². The van der Waals surface area contributed by atoms with Crippen LogP contribution in [0.5, 0.6) is 0 Å². The number of nitrogens with zero attached hydrogens (tertiary/aromatic N) is 1. The van der Waals surface area contributed by atoms with Crippen LogP contribution in [0.3, 0.4) is 0 Å². The molecule has 1 heterocycles. The Balaban J connectivity index is 1.97. The van der Waals surface area contributed by atoms with Crippen molar-refractivity contribution in [3.63, 3.8) is 0 Å². The van der Waals surface area contributed by atoms with Gasteiger partial charge in [-0.2, -0.15) is 0 Å². The lowest BCUT2D eigenvalue weighted by atomic mass is 10.1. The summed E-state index contributed by atoms with van der Waals surface area (Å²) in [5, 5.41) is 1.63. The van der Waals surface area contributed by atoms with Crippen molar-refractivity contribution in [3.05, 3.63) is 46.4 Å². The van der Waals surface area contributed by atoms with Gasteiger partial charge < -0.3 is 14.8 Å². The van der Waals surface area contributed by atoms with Crippen molar-refractivity contribution < 1.29 is 14.4 Å². The fourth-order valence-electron chi connectivity index (χ4n) is 2.07. The van der Waals surface area contributed by atoms with Gasteiger partial charge in [-0.3, -0.25) is 4.57 Å². The van der Waals surface area contributed by atoms with E-state index in [9.17, 15) is 4.57 Å². The van der Waals surface area contributed by atoms with Crippen molar-refractivity contribution >= 4 is 53.6 Å². The summed E-state index contributed by atoms with van der Waals surface area (Å²) < 4.78 is 10.9. The van der Waals surface area contributed by atoms with E-state index in [4.69, 9.17) is 33.0 Å². The average molecular weight is 389 g/mol. The van der Waals surface area contributed by atoms with E-state index >= 15 is 0 Å². The zero-order chi connectivity index (χ0) is 16.6. The predicted molar refractivity (Wildman–Crippen MR) is 94.3 cm³/mol. The molecule has 3 N–H and O–H groups in total. The number of halogens is 2. The van der Waals surface area contributed by atoms with Gasteiger partial charge in [0.25, 0.3) is 0 Å². The first-order chi connectivity index (χ1) is 10.8. The third kappa shape index (κ3) is 4.10. The Morgan fingerprint density at radius 2 is 1.87 bits per heavy atom. The van der Waals surface area contributed by atoms with E-state index in [1.54, 1.807) is 18.2 Å². The molecule has 23 heavy (non-hydrogen) atoms. The highest BCUT2D eigenvalue weighted by atomic mass is 35.5. The van der Waals surface area contributed by atoms with E-state index in [0.717, 1.165) is 22.9 Å². The molecule has 3 aromatic rings. The topological polar surface area (TPSA) is 86.2 Å². The molecule has 0 unspecified atom stereocenters. The van der Waals surface area contributed by atoms with Crippen LogP contribution < -0.4 is 0 Å². The largest absolute Gasteiger partial charge is 0.335 e. The molecule has 0 aliphatic rings. The third-order valence-corrected chi connectivity index (χ3v) is 5.97. The Morgan fingerprint density at radius 1 is 1.17 bits per heavy atom. The van der Waals surface area contributed by atoms with Crippen molar-refractivity contribution in [1.82, 2.24) is 9.97 Å². The summed E-state index contributed by atoms with van der Waals surface area (Å²) in [6.45, 7) is 0. The Hall–Kier alpha value is -1.01. The van der Waals surface area contributed by atoms with E-state index < -0.39 is 7.60 Å². The van der Waals surface area contributed by atoms with Crippen molar-refractivity contribution in [2.75, 3.05) is 5.49 Å². The number of H-pyrrole nitrogens is 1. The molecule has 0 aliphatic carbocycles. The summed E-state index contributed by atoms with van der Waals surface area (Å²) in [6, 6.07) is 10.9. The molecule has 0 amide bonds. The minimum absolute atomic E-state index is 0.329. The quantitative estimate of drug-likeness (QED) is 0.442. The second kappa shape index (κ2) is 6.48. The smallest absolute Gasteiger partial charge is 0.333 e. The van der Waals surface area contributed by atoms with Crippen molar-refractivity contribution in [2.45, 2.75) is 5.16 Å². The number of rotatable bonds is 4. The number of benzene rings is 2. The lowest BCUT2D eigenvalue weighted by Crippen LogP contribution is -1.83. The summed E-state index contributed by atoms with van der Waals surface area (Å²) >= 11 is 13.2. The van der Waals surface area contributed by atoms with Crippen LogP contribution in [-0.4, -0.2) is 25.2 Å². The number of hydrogen-bond donors (Lipinski definition) is 3. The molecule has 2 aromatic carbocycles. The minimum Gasteiger partial charge on any atom is -0.333 e. The molecule has 3 rings (SSSR count). The van der Waals surface area contributed by atoms with E-state index in [2.05, 4.69) is 9.97 Å². The fraction of sp³-hybridized carbons (Fsp3) is 0.0714. The van der Waals surface area contributed by atoms with Gasteiger partial charge in [-0.05, 0) is 29.8 Å². The first kappa shape index (κ1) is 16.8. The molecule has 5 nitrogen and oxygen atoms in total. The normalized spacial score (nSPS) is 12.0. The summed E-state index contributed by atoms with van der Waals surface area (Å²) in [4.78, 5) is 25.2. The molecule has 0 fully saturated rings. The molecule has 1 aromatic heterocycles. The van der Waals surface area contributed by atoms with E-state index in [0.29, 0.717) is 26.2 Å². The lowest BCUT2D eigenvalue weighted by Gasteiger charge is -2.04. The highest BCUT2D eigenvalue weighted by Gasteiger charge is 2.16. The molecule has 0 spiro atoms. The summed E-state index contributed by atoms with van der Waals surface area (Å²) in [6.07, 6.45) is 0. The molecule has 0 saturated heterocycles. The molecular weight excluding hydrogens is 378 g/mol.